The number of halogens is 2. The SMILES string of the molecule is Oc1ccc(C2[C@@H](CC[C@@H](O)c3ccc(F)cc3)C(=C3CCC3)N2c2ccc(F)cc2)cc1. The van der Waals surface area contributed by atoms with Crippen molar-refractivity contribution in [2.75, 3.05) is 4.90 Å². The number of aliphatic hydroxyl groups is 1. The Morgan fingerprint density at radius 3 is 2.03 bits per heavy atom. The summed E-state index contributed by atoms with van der Waals surface area (Å²) in [6.07, 6.45) is 3.95. The Hall–Kier alpha value is -3.18. The molecule has 0 bridgehead atoms. The van der Waals surface area contributed by atoms with Gasteiger partial charge < -0.3 is 15.1 Å². The number of hydrogen-bond donors (Lipinski definition) is 2. The number of aliphatic hydroxyl groups excluding tert-OH is 1. The molecule has 1 saturated heterocycles. The highest BCUT2D eigenvalue weighted by molar-refractivity contribution is 5.63. The van der Waals surface area contributed by atoms with E-state index in [-0.39, 0.29) is 29.3 Å². The van der Waals surface area contributed by atoms with E-state index in [0.717, 1.165) is 30.5 Å². The molecule has 1 saturated carbocycles. The van der Waals surface area contributed by atoms with Crippen LogP contribution in [0.3, 0.4) is 0 Å². The summed E-state index contributed by atoms with van der Waals surface area (Å²) in [5.41, 5.74) is 5.43. The van der Waals surface area contributed by atoms with E-state index in [1.54, 1.807) is 24.3 Å². The maximum atomic E-state index is 13.6. The van der Waals surface area contributed by atoms with Crippen molar-refractivity contribution in [3.05, 3.63) is 107 Å². The molecular formula is C28H27F2NO2. The van der Waals surface area contributed by atoms with Crippen molar-refractivity contribution < 1.29 is 19.0 Å². The maximum Gasteiger partial charge on any atom is 0.123 e. The number of phenolic OH excluding ortho intramolecular Hbond substituents is 1. The van der Waals surface area contributed by atoms with Gasteiger partial charge in [0, 0.05) is 17.3 Å². The third kappa shape index (κ3) is 4.25. The standard InChI is InChI=1S/C28H27F2NO2/c29-21-8-4-18(5-9-21)26(33)17-16-25-27(19-2-1-3-19)31(23-12-10-22(30)11-13-23)28(25)20-6-14-24(32)15-7-20/h4-15,25-26,28,32-33H,1-3,16-17H2/t25-,26+,28?/m0/s1. The van der Waals surface area contributed by atoms with Crippen LogP contribution >= 0.6 is 0 Å². The second-order valence-electron chi connectivity index (χ2n) is 8.98. The van der Waals surface area contributed by atoms with Gasteiger partial charge in [-0.05, 0) is 91.8 Å². The van der Waals surface area contributed by atoms with Crippen LogP contribution in [0.15, 0.2) is 84.1 Å². The van der Waals surface area contributed by atoms with Crippen molar-refractivity contribution in [2.24, 2.45) is 5.92 Å². The third-order valence-electron chi connectivity index (χ3n) is 6.93. The maximum absolute atomic E-state index is 13.6. The molecule has 3 atom stereocenters. The van der Waals surface area contributed by atoms with E-state index in [2.05, 4.69) is 4.90 Å². The van der Waals surface area contributed by atoms with E-state index >= 15 is 0 Å². The molecule has 0 amide bonds. The summed E-state index contributed by atoms with van der Waals surface area (Å²) in [5.74, 6) is -0.168. The van der Waals surface area contributed by atoms with Crippen molar-refractivity contribution in [1.29, 1.82) is 0 Å². The first-order valence-corrected chi connectivity index (χ1v) is 11.5. The molecule has 1 heterocycles. The van der Waals surface area contributed by atoms with E-state index < -0.39 is 6.10 Å². The van der Waals surface area contributed by atoms with Crippen LogP contribution in [0.1, 0.15) is 55.4 Å². The molecule has 3 aromatic rings. The van der Waals surface area contributed by atoms with Gasteiger partial charge in [-0.2, -0.15) is 0 Å². The molecular weight excluding hydrogens is 420 g/mol. The molecule has 0 radical (unpaired) electrons. The fourth-order valence-corrected chi connectivity index (χ4v) is 5.06. The lowest BCUT2D eigenvalue weighted by molar-refractivity contribution is 0.150. The average Bonchev–Trinajstić information content (AvgIpc) is 2.77. The molecule has 0 spiro atoms. The zero-order valence-corrected chi connectivity index (χ0v) is 18.3. The fourth-order valence-electron chi connectivity index (χ4n) is 5.06. The monoisotopic (exact) mass is 447 g/mol. The zero-order chi connectivity index (χ0) is 22.9. The van der Waals surface area contributed by atoms with Crippen molar-refractivity contribution in [2.45, 2.75) is 44.2 Å². The Morgan fingerprint density at radius 1 is 0.848 bits per heavy atom. The predicted molar refractivity (Wildman–Crippen MR) is 125 cm³/mol. The number of hydrogen-bond acceptors (Lipinski definition) is 3. The van der Waals surface area contributed by atoms with Gasteiger partial charge in [-0.15, -0.1) is 0 Å². The van der Waals surface area contributed by atoms with Gasteiger partial charge in [-0.3, -0.25) is 0 Å². The lowest BCUT2D eigenvalue weighted by Gasteiger charge is -2.55. The molecule has 1 aliphatic heterocycles. The molecule has 1 aliphatic carbocycles. The molecule has 2 N–H and O–H groups in total. The minimum atomic E-state index is -0.668. The first-order chi connectivity index (χ1) is 16.0. The van der Waals surface area contributed by atoms with Crippen molar-refractivity contribution in [1.82, 2.24) is 0 Å². The average molecular weight is 448 g/mol. The van der Waals surface area contributed by atoms with E-state index in [0.29, 0.717) is 12.0 Å². The number of allylic oxidation sites excluding steroid dienone is 1. The quantitative estimate of drug-likeness (QED) is 0.437. The summed E-state index contributed by atoms with van der Waals surface area (Å²) in [4.78, 5) is 2.29. The van der Waals surface area contributed by atoms with Crippen molar-refractivity contribution in [3.63, 3.8) is 0 Å². The molecule has 2 fully saturated rings. The highest BCUT2D eigenvalue weighted by Crippen LogP contribution is 2.55. The number of phenols is 1. The Labute approximate surface area is 192 Å². The Bertz CT molecular complexity index is 1130. The van der Waals surface area contributed by atoms with Crippen molar-refractivity contribution >= 4 is 5.69 Å². The molecule has 3 aromatic carbocycles. The van der Waals surface area contributed by atoms with Gasteiger partial charge >= 0.3 is 0 Å². The van der Waals surface area contributed by atoms with Crippen molar-refractivity contribution in [3.8, 4) is 5.75 Å². The summed E-state index contributed by atoms with van der Waals surface area (Å²) in [5, 5.41) is 20.5. The van der Waals surface area contributed by atoms with E-state index in [1.165, 1.54) is 42.0 Å². The summed E-state index contributed by atoms with van der Waals surface area (Å²) in [6, 6.07) is 19.9. The highest BCUT2D eigenvalue weighted by atomic mass is 19.1. The number of rotatable bonds is 6. The summed E-state index contributed by atoms with van der Waals surface area (Å²) in [7, 11) is 0. The molecule has 170 valence electrons. The smallest absolute Gasteiger partial charge is 0.123 e. The van der Waals surface area contributed by atoms with Gasteiger partial charge in [0.1, 0.15) is 17.4 Å². The van der Waals surface area contributed by atoms with Gasteiger partial charge in [0.25, 0.3) is 0 Å². The molecule has 33 heavy (non-hydrogen) atoms. The first-order valence-electron chi connectivity index (χ1n) is 11.5. The highest BCUT2D eigenvalue weighted by Gasteiger charge is 2.46. The largest absolute Gasteiger partial charge is 0.508 e. The molecule has 5 rings (SSSR count). The number of nitrogens with zero attached hydrogens (tertiary/aromatic N) is 1. The molecule has 2 aliphatic rings. The normalized spacial score (nSPS) is 20.9. The molecule has 1 unspecified atom stereocenters. The van der Waals surface area contributed by atoms with Crippen LogP contribution in [-0.4, -0.2) is 10.2 Å². The Kier molecular flexibility index (Phi) is 5.90. The summed E-state index contributed by atoms with van der Waals surface area (Å²) < 4.78 is 26.9. The van der Waals surface area contributed by atoms with E-state index in [4.69, 9.17) is 0 Å². The third-order valence-corrected chi connectivity index (χ3v) is 6.93. The predicted octanol–water partition coefficient (Wildman–Crippen LogP) is 6.80. The van der Waals surface area contributed by atoms with Crippen LogP contribution < -0.4 is 4.90 Å². The second kappa shape index (κ2) is 8.99. The van der Waals surface area contributed by atoms with E-state index in [1.807, 2.05) is 24.3 Å². The van der Waals surface area contributed by atoms with Gasteiger partial charge in [-0.25, -0.2) is 8.78 Å². The molecule has 3 nitrogen and oxygen atoms in total. The van der Waals surface area contributed by atoms with Crippen LogP contribution in [0.25, 0.3) is 0 Å². The van der Waals surface area contributed by atoms with Crippen LogP contribution in [0.2, 0.25) is 0 Å². The number of aromatic hydroxyl groups is 1. The Morgan fingerprint density at radius 2 is 1.45 bits per heavy atom. The lowest BCUT2D eigenvalue weighted by atomic mass is 9.71. The molecule has 5 heteroatoms. The first kappa shape index (κ1) is 21.7. The number of anilines is 1. The minimum Gasteiger partial charge on any atom is -0.508 e. The lowest BCUT2D eigenvalue weighted by Crippen LogP contribution is -2.49. The van der Waals surface area contributed by atoms with Gasteiger partial charge in [-0.1, -0.05) is 29.8 Å². The van der Waals surface area contributed by atoms with Gasteiger partial charge in [0.05, 0.1) is 12.1 Å². The summed E-state index contributed by atoms with van der Waals surface area (Å²) in [6.45, 7) is 0. The number of benzene rings is 3. The van der Waals surface area contributed by atoms with Gasteiger partial charge in [0.2, 0.25) is 0 Å². The van der Waals surface area contributed by atoms with Crippen LogP contribution in [-0.2, 0) is 0 Å². The zero-order valence-electron chi connectivity index (χ0n) is 18.3. The topological polar surface area (TPSA) is 43.7 Å². The van der Waals surface area contributed by atoms with E-state index in [9.17, 15) is 19.0 Å². The van der Waals surface area contributed by atoms with Crippen LogP contribution in [0.4, 0.5) is 14.5 Å². The van der Waals surface area contributed by atoms with Crippen LogP contribution in [0, 0.1) is 17.6 Å². The minimum absolute atomic E-state index is 0.0274. The second-order valence-corrected chi connectivity index (χ2v) is 8.98. The Balaban J connectivity index is 1.46. The fraction of sp³-hybridized carbons (Fsp3) is 0.286. The molecule has 0 aromatic heterocycles. The van der Waals surface area contributed by atoms with Gasteiger partial charge in [0.15, 0.2) is 0 Å². The summed E-state index contributed by atoms with van der Waals surface area (Å²) >= 11 is 0. The van der Waals surface area contributed by atoms with Crippen LogP contribution in [0.5, 0.6) is 5.75 Å².